The average Bonchev–Trinajstić information content (AvgIpc) is 2.62. The fourth-order valence-corrected chi connectivity index (χ4v) is 2.07. The molecule has 3 nitrogen and oxygen atoms in total. The fraction of sp³-hybridized carbons (Fsp3) is 0.250. The third-order valence-electron chi connectivity index (χ3n) is 2.55. The second kappa shape index (κ2) is 4.80. The summed E-state index contributed by atoms with van der Waals surface area (Å²) in [4.78, 5) is 0. The molecule has 0 atom stereocenters. The van der Waals surface area contributed by atoms with Gasteiger partial charge in [-0.3, -0.25) is 4.68 Å². The molecule has 2 rings (SSSR count). The molecule has 0 unspecified atom stereocenters. The third kappa shape index (κ3) is 2.18. The van der Waals surface area contributed by atoms with Crippen LogP contribution in [0.4, 0.5) is 0 Å². The molecule has 0 amide bonds. The summed E-state index contributed by atoms with van der Waals surface area (Å²) in [6.45, 7) is 0.648. The van der Waals surface area contributed by atoms with Gasteiger partial charge in [-0.15, -0.1) is 0 Å². The largest absolute Gasteiger partial charge is 0.330 e. The van der Waals surface area contributed by atoms with E-state index in [-0.39, 0.29) is 0 Å². The molecule has 0 saturated carbocycles. The maximum absolute atomic E-state index is 5.60. The van der Waals surface area contributed by atoms with Crippen molar-refractivity contribution < 1.29 is 0 Å². The Morgan fingerprint density at radius 1 is 1.31 bits per heavy atom. The van der Waals surface area contributed by atoms with E-state index in [2.05, 4.69) is 33.2 Å². The fourth-order valence-electron chi connectivity index (χ4n) is 1.80. The molecule has 0 aliphatic carbocycles. The number of nitrogens with zero attached hydrogens (tertiary/aromatic N) is 2. The van der Waals surface area contributed by atoms with Crippen molar-refractivity contribution in [3.63, 3.8) is 0 Å². The lowest BCUT2D eigenvalue weighted by Crippen LogP contribution is -2.04. The third-order valence-corrected chi connectivity index (χ3v) is 3.07. The summed E-state index contributed by atoms with van der Waals surface area (Å²) in [5.74, 6) is 0. The van der Waals surface area contributed by atoms with Gasteiger partial charge in [0.1, 0.15) is 0 Å². The van der Waals surface area contributed by atoms with Gasteiger partial charge in [0.2, 0.25) is 0 Å². The number of hydrogen-bond acceptors (Lipinski definition) is 2. The predicted octanol–water partition coefficient (Wildman–Crippen LogP) is 2.35. The number of aromatic nitrogens is 2. The summed E-state index contributed by atoms with van der Waals surface area (Å²) in [5, 5.41) is 4.28. The molecule has 0 bridgehead atoms. The Morgan fingerprint density at radius 2 is 2.00 bits per heavy atom. The first-order valence-corrected chi connectivity index (χ1v) is 5.98. The molecule has 1 aromatic heterocycles. The maximum Gasteiger partial charge on any atom is 0.0711 e. The average molecular weight is 280 g/mol. The molecule has 84 valence electrons. The van der Waals surface area contributed by atoms with E-state index in [1.54, 1.807) is 0 Å². The standard InChI is InChI=1S/C12H14BrN3/c1-16-12(10(6-7-14)8-15-16)9-2-4-11(13)5-3-9/h2-5,8H,6-7,14H2,1H3. The van der Waals surface area contributed by atoms with Gasteiger partial charge in [-0.1, -0.05) is 28.1 Å². The Hall–Kier alpha value is -1.13. The van der Waals surface area contributed by atoms with Crippen molar-refractivity contribution in [1.82, 2.24) is 9.78 Å². The summed E-state index contributed by atoms with van der Waals surface area (Å²) in [6, 6.07) is 8.24. The van der Waals surface area contributed by atoms with Gasteiger partial charge in [-0.2, -0.15) is 5.10 Å². The van der Waals surface area contributed by atoms with Crippen LogP contribution in [0.25, 0.3) is 11.3 Å². The monoisotopic (exact) mass is 279 g/mol. The van der Waals surface area contributed by atoms with Crippen LogP contribution in [-0.2, 0) is 13.5 Å². The van der Waals surface area contributed by atoms with Gasteiger partial charge in [0, 0.05) is 17.1 Å². The molecule has 2 aromatic rings. The van der Waals surface area contributed by atoms with Crippen LogP contribution in [0.15, 0.2) is 34.9 Å². The lowest BCUT2D eigenvalue weighted by Gasteiger charge is -2.05. The summed E-state index contributed by atoms with van der Waals surface area (Å²) in [6.07, 6.45) is 2.75. The number of nitrogens with two attached hydrogens (primary N) is 1. The molecule has 16 heavy (non-hydrogen) atoms. The Bertz CT molecular complexity index is 474. The topological polar surface area (TPSA) is 43.8 Å². The second-order valence-electron chi connectivity index (χ2n) is 3.69. The normalized spacial score (nSPS) is 10.7. The van der Waals surface area contributed by atoms with Gasteiger partial charge in [0.25, 0.3) is 0 Å². The van der Waals surface area contributed by atoms with E-state index in [4.69, 9.17) is 5.73 Å². The highest BCUT2D eigenvalue weighted by molar-refractivity contribution is 9.10. The van der Waals surface area contributed by atoms with E-state index in [0.717, 1.165) is 16.6 Å². The summed E-state index contributed by atoms with van der Waals surface area (Å²) >= 11 is 3.43. The highest BCUT2D eigenvalue weighted by atomic mass is 79.9. The van der Waals surface area contributed by atoms with Crippen LogP contribution < -0.4 is 5.73 Å². The first-order chi connectivity index (χ1) is 7.72. The minimum Gasteiger partial charge on any atom is -0.330 e. The Labute approximate surface area is 103 Å². The zero-order valence-corrected chi connectivity index (χ0v) is 10.7. The highest BCUT2D eigenvalue weighted by Crippen LogP contribution is 2.24. The zero-order valence-electron chi connectivity index (χ0n) is 9.15. The molecular weight excluding hydrogens is 266 g/mol. The molecule has 0 saturated heterocycles. The Balaban J connectivity index is 2.45. The molecule has 2 N–H and O–H groups in total. The van der Waals surface area contributed by atoms with Gasteiger partial charge in [-0.25, -0.2) is 0 Å². The van der Waals surface area contributed by atoms with Crippen molar-refractivity contribution in [3.05, 3.63) is 40.5 Å². The van der Waals surface area contributed by atoms with Crippen LogP contribution >= 0.6 is 15.9 Å². The number of hydrogen-bond donors (Lipinski definition) is 1. The number of aryl methyl sites for hydroxylation is 1. The molecule has 1 heterocycles. The van der Waals surface area contributed by atoms with Gasteiger partial charge in [0.15, 0.2) is 0 Å². The highest BCUT2D eigenvalue weighted by Gasteiger charge is 2.09. The number of rotatable bonds is 3. The SMILES string of the molecule is Cn1ncc(CCN)c1-c1ccc(Br)cc1. The van der Waals surface area contributed by atoms with E-state index in [1.165, 1.54) is 11.1 Å². The lowest BCUT2D eigenvalue weighted by atomic mass is 10.1. The van der Waals surface area contributed by atoms with Crippen molar-refractivity contribution >= 4 is 15.9 Å². The molecular formula is C12H14BrN3. The van der Waals surface area contributed by atoms with Crippen LogP contribution in [0.2, 0.25) is 0 Å². The van der Waals surface area contributed by atoms with E-state index in [1.807, 2.05) is 30.1 Å². The summed E-state index contributed by atoms with van der Waals surface area (Å²) < 4.78 is 2.98. The van der Waals surface area contributed by atoms with E-state index in [9.17, 15) is 0 Å². The summed E-state index contributed by atoms with van der Waals surface area (Å²) in [7, 11) is 1.96. The quantitative estimate of drug-likeness (QED) is 0.938. The van der Waals surface area contributed by atoms with Crippen molar-refractivity contribution in [2.24, 2.45) is 12.8 Å². The van der Waals surface area contributed by atoms with Crippen molar-refractivity contribution in [3.8, 4) is 11.3 Å². The van der Waals surface area contributed by atoms with Gasteiger partial charge < -0.3 is 5.73 Å². The van der Waals surface area contributed by atoms with Gasteiger partial charge >= 0.3 is 0 Å². The van der Waals surface area contributed by atoms with E-state index >= 15 is 0 Å². The van der Waals surface area contributed by atoms with Crippen molar-refractivity contribution in [2.75, 3.05) is 6.54 Å². The first-order valence-electron chi connectivity index (χ1n) is 5.19. The van der Waals surface area contributed by atoms with E-state index < -0.39 is 0 Å². The van der Waals surface area contributed by atoms with Gasteiger partial charge in [-0.05, 0) is 30.7 Å². The smallest absolute Gasteiger partial charge is 0.0711 e. The molecule has 0 aliphatic rings. The number of halogens is 1. The molecule has 0 spiro atoms. The minimum atomic E-state index is 0.648. The Morgan fingerprint density at radius 3 is 2.62 bits per heavy atom. The number of benzene rings is 1. The molecule has 0 fully saturated rings. The second-order valence-corrected chi connectivity index (χ2v) is 4.60. The van der Waals surface area contributed by atoms with Crippen molar-refractivity contribution in [1.29, 1.82) is 0 Å². The molecule has 1 aromatic carbocycles. The van der Waals surface area contributed by atoms with E-state index in [0.29, 0.717) is 6.54 Å². The molecule has 0 radical (unpaired) electrons. The molecule has 0 aliphatic heterocycles. The molecule has 4 heteroatoms. The Kier molecular flexibility index (Phi) is 3.41. The summed E-state index contributed by atoms with van der Waals surface area (Å²) in [5.41, 5.74) is 9.12. The lowest BCUT2D eigenvalue weighted by molar-refractivity contribution is 0.775. The maximum atomic E-state index is 5.60. The van der Waals surface area contributed by atoms with Crippen LogP contribution in [0.5, 0.6) is 0 Å². The van der Waals surface area contributed by atoms with Crippen molar-refractivity contribution in [2.45, 2.75) is 6.42 Å². The van der Waals surface area contributed by atoms with Crippen LogP contribution in [0.3, 0.4) is 0 Å². The predicted molar refractivity (Wildman–Crippen MR) is 69.1 cm³/mol. The zero-order chi connectivity index (χ0) is 11.5. The van der Waals surface area contributed by atoms with Crippen LogP contribution in [-0.4, -0.2) is 16.3 Å². The first kappa shape index (κ1) is 11.4. The van der Waals surface area contributed by atoms with Crippen LogP contribution in [0.1, 0.15) is 5.56 Å². The van der Waals surface area contributed by atoms with Gasteiger partial charge in [0.05, 0.1) is 11.9 Å². The minimum absolute atomic E-state index is 0.648. The van der Waals surface area contributed by atoms with Crippen LogP contribution in [0, 0.1) is 0 Å².